The summed E-state index contributed by atoms with van der Waals surface area (Å²) in [6.07, 6.45) is 2.03. The standard InChI is InChI=1S/C24H31ClN8O3/c1-13(2)32(8-4-3-5-18-30-15-7-6-14(25)9-16(15)31-18)10-17-20(34)21(35)24(36-17)33-12-29-19-22(26)27-11-28-23(19)33/h6-7,9,11-13,17,20-21,24,34-35H,3-5,8,10H2,1-2H3,(H,30,31)(H2,26,27,28)/t17-,20-,21-,24-/m1/s1. The number of aromatic amines is 1. The number of aryl methyl sites for hydroxylation is 1. The number of nitrogens with two attached hydrogens (primary N) is 1. The molecule has 36 heavy (non-hydrogen) atoms. The highest BCUT2D eigenvalue weighted by molar-refractivity contribution is 6.31. The predicted molar refractivity (Wildman–Crippen MR) is 136 cm³/mol. The first-order valence-electron chi connectivity index (χ1n) is 12.1. The van der Waals surface area contributed by atoms with E-state index < -0.39 is 24.5 Å². The average molecular weight is 515 g/mol. The minimum Gasteiger partial charge on any atom is -0.387 e. The average Bonchev–Trinajstić information content (AvgIpc) is 3.53. The van der Waals surface area contributed by atoms with Gasteiger partial charge >= 0.3 is 0 Å². The molecule has 4 atom stereocenters. The van der Waals surface area contributed by atoms with Crippen molar-refractivity contribution in [2.75, 3.05) is 18.8 Å². The number of imidazole rings is 2. The number of nitrogens with one attached hydrogen (secondary N) is 1. The molecule has 3 aromatic heterocycles. The van der Waals surface area contributed by atoms with E-state index in [1.807, 2.05) is 18.2 Å². The summed E-state index contributed by atoms with van der Waals surface area (Å²) in [5.74, 6) is 1.20. The van der Waals surface area contributed by atoms with Gasteiger partial charge in [-0.3, -0.25) is 9.47 Å². The number of H-pyrrole nitrogens is 1. The van der Waals surface area contributed by atoms with Gasteiger partial charge in [-0.05, 0) is 51.4 Å². The van der Waals surface area contributed by atoms with Crippen LogP contribution >= 0.6 is 11.6 Å². The number of benzene rings is 1. The van der Waals surface area contributed by atoms with Crippen LogP contribution in [0.15, 0.2) is 30.9 Å². The van der Waals surface area contributed by atoms with E-state index in [9.17, 15) is 10.2 Å². The maximum atomic E-state index is 10.8. The van der Waals surface area contributed by atoms with Crippen molar-refractivity contribution < 1.29 is 14.9 Å². The maximum Gasteiger partial charge on any atom is 0.167 e. The van der Waals surface area contributed by atoms with Gasteiger partial charge in [0.05, 0.1) is 17.4 Å². The number of aromatic nitrogens is 6. The zero-order chi connectivity index (χ0) is 25.4. The third-order valence-corrected chi connectivity index (χ3v) is 6.98. The number of halogens is 1. The summed E-state index contributed by atoms with van der Waals surface area (Å²) in [6, 6.07) is 5.89. The molecule has 1 aliphatic rings. The summed E-state index contributed by atoms with van der Waals surface area (Å²) in [5.41, 5.74) is 8.63. The van der Waals surface area contributed by atoms with Crippen molar-refractivity contribution in [3.05, 3.63) is 41.7 Å². The molecule has 0 amide bonds. The zero-order valence-electron chi connectivity index (χ0n) is 20.3. The van der Waals surface area contributed by atoms with Gasteiger partial charge in [0.15, 0.2) is 17.7 Å². The molecule has 1 saturated heterocycles. The van der Waals surface area contributed by atoms with Crippen molar-refractivity contribution in [2.24, 2.45) is 0 Å². The monoisotopic (exact) mass is 514 g/mol. The molecule has 0 aliphatic carbocycles. The molecular weight excluding hydrogens is 484 g/mol. The highest BCUT2D eigenvalue weighted by Gasteiger charge is 2.45. The van der Waals surface area contributed by atoms with Crippen molar-refractivity contribution in [2.45, 2.75) is 63.7 Å². The van der Waals surface area contributed by atoms with E-state index in [0.29, 0.717) is 22.7 Å². The minimum absolute atomic E-state index is 0.243. The second-order valence-electron chi connectivity index (χ2n) is 9.52. The molecule has 0 saturated carbocycles. The number of hydrogen-bond donors (Lipinski definition) is 4. The SMILES string of the molecule is CC(C)N(CCCCc1nc2ccc(Cl)cc2[nH]1)C[C@H]1O[C@@H](n2cnc3c(N)ncnc32)[C@H](O)[C@@H]1O. The summed E-state index contributed by atoms with van der Waals surface area (Å²) >= 11 is 6.07. The first kappa shape index (κ1) is 24.8. The van der Waals surface area contributed by atoms with Crippen molar-refractivity contribution in [3.63, 3.8) is 0 Å². The number of fused-ring (bicyclic) bond motifs is 2. The number of aliphatic hydroxyl groups excluding tert-OH is 2. The molecule has 5 N–H and O–H groups in total. The van der Waals surface area contributed by atoms with E-state index in [1.165, 1.54) is 12.7 Å². The fourth-order valence-electron chi connectivity index (χ4n) is 4.72. The van der Waals surface area contributed by atoms with Gasteiger partial charge in [0.2, 0.25) is 0 Å². The Labute approximate surface area is 213 Å². The molecule has 192 valence electrons. The maximum absolute atomic E-state index is 10.8. The first-order chi connectivity index (χ1) is 17.3. The van der Waals surface area contributed by atoms with E-state index in [-0.39, 0.29) is 11.9 Å². The van der Waals surface area contributed by atoms with Crippen LogP contribution in [-0.4, -0.2) is 82.0 Å². The summed E-state index contributed by atoms with van der Waals surface area (Å²) in [4.78, 5) is 22.6. The van der Waals surface area contributed by atoms with Crippen molar-refractivity contribution in [1.29, 1.82) is 0 Å². The molecule has 4 heterocycles. The Morgan fingerprint density at radius 3 is 2.83 bits per heavy atom. The molecule has 11 nitrogen and oxygen atoms in total. The van der Waals surface area contributed by atoms with Crippen LogP contribution in [0.2, 0.25) is 5.02 Å². The highest BCUT2D eigenvalue weighted by Crippen LogP contribution is 2.32. The number of nitrogen functional groups attached to an aromatic ring is 1. The molecule has 1 fully saturated rings. The summed E-state index contributed by atoms with van der Waals surface area (Å²) < 4.78 is 7.73. The summed E-state index contributed by atoms with van der Waals surface area (Å²) in [6.45, 7) is 5.54. The van der Waals surface area contributed by atoms with Crippen molar-refractivity contribution >= 4 is 39.6 Å². The Kier molecular flexibility index (Phi) is 7.09. The van der Waals surface area contributed by atoms with Gasteiger partial charge in [-0.2, -0.15) is 0 Å². The van der Waals surface area contributed by atoms with Crippen molar-refractivity contribution in [1.82, 2.24) is 34.4 Å². The lowest BCUT2D eigenvalue weighted by Crippen LogP contribution is -2.43. The Morgan fingerprint density at radius 2 is 2.03 bits per heavy atom. The van der Waals surface area contributed by atoms with Crippen LogP contribution in [0.3, 0.4) is 0 Å². The fraction of sp³-hybridized carbons (Fsp3) is 0.500. The van der Waals surface area contributed by atoms with E-state index in [1.54, 1.807) is 4.57 Å². The van der Waals surface area contributed by atoms with Crippen LogP contribution in [0, 0.1) is 0 Å². The van der Waals surface area contributed by atoms with Crippen LogP contribution in [0.4, 0.5) is 5.82 Å². The van der Waals surface area contributed by atoms with E-state index >= 15 is 0 Å². The number of nitrogens with zero attached hydrogens (tertiary/aromatic N) is 6. The Bertz CT molecular complexity index is 1340. The first-order valence-corrected chi connectivity index (χ1v) is 12.5. The number of ether oxygens (including phenoxy) is 1. The van der Waals surface area contributed by atoms with E-state index in [0.717, 1.165) is 42.7 Å². The van der Waals surface area contributed by atoms with Crippen LogP contribution < -0.4 is 5.73 Å². The number of anilines is 1. The van der Waals surface area contributed by atoms with E-state index in [4.69, 9.17) is 22.1 Å². The third kappa shape index (κ3) is 4.89. The quantitative estimate of drug-likeness (QED) is 0.246. The fourth-order valence-corrected chi connectivity index (χ4v) is 4.89. The number of hydrogen-bond acceptors (Lipinski definition) is 9. The van der Waals surface area contributed by atoms with Crippen LogP contribution in [0.25, 0.3) is 22.2 Å². The zero-order valence-corrected chi connectivity index (χ0v) is 21.0. The van der Waals surface area contributed by atoms with Gasteiger partial charge in [0.1, 0.15) is 36.0 Å². The lowest BCUT2D eigenvalue weighted by atomic mass is 10.1. The lowest BCUT2D eigenvalue weighted by Gasteiger charge is -2.30. The molecule has 0 unspecified atom stereocenters. The second-order valence-corrected chi connectivity index (χ2v) is 9.96. The van der Waals surface area contributed by atoms with E-state index in [2.05, 4.69) is 43.7 Å². The number of unbranched alkanes of at least 4 members (excludes halogenated alkanes) is 1. The molecule has 0 bridgehead atoms. The summed E-state index contributed by atoms with van der Waals surface area (Å²) in [7, 11) is 0. The normalized spacial score (nSPS) is 22.5. The van der Waals surface area contributed by atoms with Gasteiger partial charge < -0.3 is 25.7 Å². The molecule has 0 radical (unpaired) electrons. The van der Waals surface area contributed by atoms with Gasteiger partial charge in [-0.15, -0.1) is 0 Å². The molecule has 12 heteroatoms. The Balaban J connectivity index is 1.19. The van der Waals surface area contributed by atoms with Gasteiger partial charge in [0.25, 0.3) is 0 Å². The van der Waals surface area contributed by atoms with Gasteiger partial charge in [0, 0.05) is 24.0 Å². The van der Waals surface area contributed by atoms with Gasteiger partial charge in [-0.25, -0.2) is 19.9 Å². The Hall–Kier alpha value is -2.83. The molecule has 5 rings (SSSR count). The largest absolute Gasteiger partial charge is 0.387 e. The third-order valence-electron chi connectivity index (χ3n) is 6.75. The van der Waals surface area contributed by atoms with Crippen molar-refractivity contribution in [3.8, 4) is 0 Å². The van der Waals surface area contributed by atoms with Gasteiger partial charge in [-0.1, -0.05) is 11.6 Å². The van der Waals surface area contributed by atoms with Crippen LogP contribution in [0.1, 0.15) is 38.7 Å². The smallest absolute Gasteiger partial charge is 0.167 e. The topological polar surface area (TPSA) is 151 Å². The number of aliphatic hydroxyl groups is 2. The van der Waals surface area contributed by atoms with Crippen LogP contribution in [0.5, 0.6) is 0 Å². The molecule has 4 aromatic rings. The Morgan fingerprint density at radius 1 is 1.19 bits per heavy atom. The highest BCUT2D eigenvalue weighted by atomic mass is 35.5. The molecule has 1 aliphatic heterocycles. The summed E-state index contributed by atoms with van der Waals surface area (Å²) in [5, 5.41) is 22.2. The molecule has 0 spiro atoms. The molecular formula is C24H31ClN8O3. The predicted octanol–water partition coefficient (Wildman–Crippen LogP) is 2.29. The number of rotatable bonds is 9. The lowest BCUT2D eigenvalue weighted by molar-refractivity contribution is -0.0469. The molecule has 1 aromatic carbocycles. The van der Waals surface area contributed by atoms with Crippen LogP contribution in [-0.2, 0) is 11.2 Å². The minimum atomic E-state index is -1.13. The second kappa shape index (κ2) is 10.3.